The van der Waals surface area contributed by atoms with E-state index in [2.05, 4.69) is 32.7 Å². The summed E-state index contributed by atoms with van der Waals surface area (Å²) in [5.41, 5.74) is 1.08. The molecular weight excluding hydrogens is 391 g/mol. The monoisotopic (exact) mass is 412 g/mol. The molecule has 0 bridgehead atoms. The third-order valence-corrected chi connectivity index (χ3v) is 4.06. The third kappa shape index (κ3) is 5.03. The van der Waals surface area contributed by atoms with E-state index in [-0.39, 0.29) is 36.6 Å². The fourth-order valence-corrected chi connectivity index (χ4v) is 2.95. The van der Waals surface area contributed by atoms with Gasteiger partial charge in [0.1, 0.15) is 0 Å². The molecule has 0 aromatic heterocycles. The molecule has 4 nitrogen and oxygen atoms in total. The summed E-state index contributed by atoms with van der Waals surface area (Å²) in [4.78, 5) is 2.37. The fraction of sp³-hybridized carbons (Fsp3) is 0.467. The molecule has 22 heavy (non-hydrogen) atoms. The summed E-state index contributed by atoms with van der Waals surface area (Å²) in [6.07, 6.45) is 1.94. The van der Waals surface area contributed by atoms with Gasteiger partial charge in [0.15, 0.2) is 11.5 Å². The van der Waals surface area contributed by atoms with Crippen LogP contribution in [-0.2, 0) is 0 Å². The Labute approximate surface area is 152 Å². The van der Waals surface area contributed by atoms with Crippen molar-refractivity contribution in [3.8, 4) is 11.5 Å². The van der Waals surface area contributed by atoms with E-state index < -0.39 is 0 Å². The molecule has 1 aromatic carbocycles. The van der Waals surface area contributed by atoms with Crippen LogP contribution in [-0.4, -0.2) is 42.8 Å². The Morgan fingerprint density at radius 2 is 2.05 bits per heavy atom. The molecule has 1 atom stereocenters. The Morgan fingerprint density at radius 3 is 2.59 bits per heavy atom. The number of aromatic hydroxyl groups is 1. The maximum atomic E-state index is 10.00. The third-order valence-electron chi connectivity index (χ3n) is 3.46. The lowest BCUT2D eigenvalue weighted by Gasteiger charge is -2.33. The van der Waals surface area contributed by atoms with Gasteiger partial charge in [0.25, 0.3) is 0 Å². The highest BCUT2D eigenvalue weighted by Gasteiger charge is 2.21. The minimum absolute atomic E-state index is 0. The Balaban J connectivity index is 0.00000220. The van der Waals surface area contributed by atoms with E-state index in [1.54, 1.807) is 0 Å². The normalized spacial score (nSPS) is 16.1. The molecule has 2 N–H and O–H groups in total. The second-order valence-electron chi connectivity index (χ2n) is 4.75. The van der Waals surface area contributed by atoms with E-state index in [4.69, 9.17) is 4.74 Å². The summed E-state index contributed by atoms with van der Waals surface area (Å²) in [6, 6.07) is 3.97. The SMILES string of the molecule is C=C[C@H](c1cc(Br)c(O)c(OCC)c1)N1CCNCC1.Cl.Cl. The van der Waals surface area contributed by atoms with Crippen LogP contribution < -0.4 is 10.1 Å². The van der Waals surface area contributed by atoms with Crippen LogP contribution in [0.4, 0.5) is 0 Å². The quantitative estimate of drug-likeness (QED) is 0.724. The van der Waals surface area contributed by atoms with Gasteiger partial charge in [-0.15, -0.1) is 31.4 Å². The molecule has 2 rings (SSSR count). The maximum Gasteiger partial charge on any atom is 0.172 e. The van der Waals surface area contributed by atoms with Crippen molar-refractivity contribution in [2.75, 3.05) is 32.8 Å². The zero-order valence-corrected chi connectivity index (χ0v) is 15.8. The standard InChI is InChI=1S/C15H21BrN2O2.2ClH/c1-3-13(18-7-5-17-6-8-18)11-9-12(16)15(19)14(10-11)20-4-2;;/h3,9-10,13,17,19H,1,4-8H2,2H3;2*1H/t13-;;/m1../s1. The van der Waals surface area contributed by atoms with Gasteiger partial charge in [-0.05, 0) is 40.5 Å². The first kappa shape index (κ1) is 21.5. The van der Waals surface area contributed by atoms with Gasteiger partial charge in [-0.3, -0.25) is 4.90 Å². The van der Waals surface area contributed by atoms with Crippen molar-refractivity contribution in [3.05, 3.63) is 34.8 Å². The van der Waals surface area contributed by atoms with Gasteiger partial charge in [0.2, 0.25) is 0 Å². The summed E-state index contributed by atoms with van der Waals surface area (Å²) >= 11 is 3.39. The van der Waals surface area contributed by atoms with Gasteiger partial charge in [0, 0.05) is 26.2 Å². The minimum atomic E-state index is 0. The molecule has 7 heteroatoms. The fourth-order valence-electron chi connectivity index (χ4n) is 2.49. The van der Waals surface area contributed by atoms with Crippen LogP contribution in [0.5, 0.6) is 11.5 Å². The lowest BCUT2D eigenvalue weighted by atomic mass is 10.0. The molecule has 0 amide bonds. The minimum Gasteiger partial charge on any atom is -0.503 e. The molecule has 0 aliphatic carbocycles. The van der Waals surface area contributed by atoms with Crippen LogP contribution >= 0.6 is 40.7 Å². The highest BCUT2D eigenvalue weighted by Crippen LogP contribution is 2.38. The number of nitrogens with one attached hydrogen (secondary N) is 1. The Hall–Kier alpha value is -0.460. The Kier molecular flexibility index (Phi) is 10.1. The number of nitrogens with zero attached hydrogens (tertiary/aromatic N) is 1. The lowest BCUT2D eigenvalue weighted by molar-refractivity contribution is 0.203. The zero-order valence-electron chi connectivity index (χ0n) is 12.5. The van der Waals surface area contributed by atoms with Crippen molar-refractivity contribution in [1.29, 1.82) is 0 Å². The van der Waals surface area contributed by atoms with E-state index in [0.29, 0.717) is 16.8 Å². The highest BCUT2D eigenvalue weighted by atomic mass is 79.9. The van der Waals surface area contributed by atoms with Gasteiger partial charge in [-0.1, -0.05) is 6.08 Å². The summed E-state index contributed by atoms with van der Waals surface area (Å²) in [5, 5.41) is 13.3. The number of rotatable bonds is 5. The van der Waals surface area contributed by atoms with Crippen molar-refractivity contribution in [3.63, 3.8) is 0 Å². The molecule has 1 aliphatic rings. The number of hydrogen-bond acceptors (Lipinski definition) is 4. The molecule has 1 aliphatic heterocycles. The van der Waals surface area contributed by atoms with Crippen LogP contribution in [0, 0.1) is 0 Å². The summed E-state index contributed by atoms with van der Waals surface area (Å²) in [7, 11) is 0. The van der Waals surface area contributed by atoms with Gasteiger partial charge >= 0.3 is 0 Å². The van der Waals surface area contributed by atoms with Crippen molar-refractivity contribution in [1.82, 2.24) is 10.2 Å². The molecule has 0 saturated carbocycles. The number of phenols is 1. The zero-order chi connectivity index (χ0) is 14.5. The largest absolute Gasteiger partial charge is 0.503 e. The second-order valence-corrected chi connectivity index (χ2v) is 5.60. The average Bonchev–Trinajstić information content (AvgIpc) is 2.46. The smallest absolute Gasteiger partial charge is 0.172 e. The first-order chi connectivity index (χ1) is 9.67. The number of hydrogen-bond donors (Lipinski definition) is 2. The van der Waals surface area contributed by atoms with Gasteiger partial charge in [-0.2, -0.15) is 0 Å². The van der Waals surface area contributed by atoms with Crippen LogP contribution in [0.15, 0.2) is 29.3 Å². The second kappa shape index (κ2) is 10.3. The Bertz CT molecular complexity index is 483. The molecule has 0 unspecified atom stereocenters. The van der Waals surface area contributed by atoms with E-state index in [1.165, 1.54) is 0 Å². The lowest BCUT2D eigenvalue weighted by Crippen LogP contribution is -2.44. The number of ether oxygens (including phenoxy) is 1. The molecule has 1 heterocycles. The van der Waals surface area contributed by atoms with E-state index in [1.807, 2.05) is 25.1 Å². The number of benzene rings is 1. The molecule has 1 aromatic rings. The molecule has 0 radical (unpaired) electrons. The molecule has 0 spiro atoms. The predicted molar refractivity (Wildman–Crippen MR) is 98.9 cm³/mol. The molecule has 126 valence electrons. The topological polar surface area (TPSA) is 44.7 Å². The molecule has 1 fully saturated rings. The van der Waals surface area contributed by atoms with Gasteiger partial charge in [0.05, 0.1) is 17.1 Å². The highest BCUT2D eigenvalue weighted by molar-refractivity contribution is 9.10. The summed E-state index contributed by atoms with van der Waals surface area (Å²) in [5.74, 6) is 0.664. The van der Waals surface area contributed by atoms with Gasteiger partial charge < -0.3 is 15.2 Å². The summed E-state index contributed by atoms with van der Waals surface area (Å²) in [6.45, 7) is 10.3. The maximum absolute atomic E-state index is 10.00. The predicted octanol–water partition coefficient (Wildman–Crippen LogP) is 3.53. The first-order valence-electron chi connectivity index (χ1n) is 6.90. The summed E-state index contributed by atoms with van der Waals surface area (Å²) < 4.78 is 6.15. The van der Waals surface area contributed by atoms with Crippen LogP contribution in [0.2, 0.25) is 0 Å². The van der Waals surface area contributed by atoms with E-state index >= 15 is 0 Å². The Morgan fingerprint density at radius 1 is 1.41 bits per heavy atom. The number of halogens is 3. The first-order valence-corrected chi connectivity index (χ1v) is 7.69. The molecular formula is C15H23BrCl2N2O2. The number of phenolic OH excluding ortho intramolecular Hbond substituents is 1. The molecule has 1 saturated heterocycles. The van der Waals surface area contributed by atoms with Crippen molar-refractivity contribution >= 4 is 40.7 Å². The van der Waals surface area contributed by atoms with Crippen LogP contribution in [0.1, 0.15) is 18.5 Å². The van der Waals surface area contributed by atoms with Crippen molar-refractivity contribution < 1.29 is 9.84 Å². The van der Waals surface area contributed by atoms with Crippen LogP contribution in [0.3, 0.4) is 0 Å². The van der Waals surface area contributed by atoms with Crippen molar-refractivity contribution in [2.45, 2.75) is 13.0 Å². The average molecular weight is 414 g/mol. The van der Waals surface area contributed by atoms with Crippen molar-refractivity contribution in [2.24, 2.45) is 0 Å². The number of piperazine rings is 1. The van der Waals surface area contributed by atoms with Gasteiger partial charge in [-0.25, -0.2) is 0 Å². The van der Waals surface area contributed by atoms with E-state index in [0.717, 1.165) is 31.7 Å². The van der Waals surface area contributed by atoms with E-state index in [9.17, 15) is 5.11 Å². The van der Waals surface area contributed by atoms with Crippen LogP contribution in [0.25, 0.3) is 0 Å².